The number of nitrogens with zero attached hydrogens (tertiary/aromatic N) is 5. The van der Waals surface area contributed by atoms with E-state index in [0.29, 0.717) is 28.7 Å². The Kier molecular flexibility index (Phi) is 5.01. The summed E-state index contributed by atoms with van der Waals surface area (Å²) >= 11 is 0. The van der Waals surface area contributed by atoms with Gasteiger partial charge in [-0.15, -0.1) is 5.10 Å². The lowest BCUT2D eigenvalue weighted by atomic mass is 10.1. The van der Waals surface area contributed by atoms with Crippen LogP contribution in [0.3, 0.4) is 0 Å². The Morgan fingerprint density at radius 3 is 2.75 bits per heavy atom. The number of methoxy groups -OCH3 is 1. The van der Waals surface area contributed by atoms with Gasteiger partial charge in [-0.2, -0.15) is 0 Å². The van der Waals surface area contributed by atoms with Gasteiger partial charge >= 0.3 is 0 Å². The molecule has 1 saturated heterocycles. The van der Waals surface area contributed by atoms with Crippen molar-refractivity contribution in [3.8, 4) is 28.7 Å². The fourth-order valence-electron chi connectivity index (χ4n) is 3.06. The zero-order valence-electron chi connectivity index (χ0n) is 15.0. The molecule has 2 aromatic heterocycles. The van der Waals surface area contributed by atoms with Crippen LogP contribution in [0.15, 0.2) is 42.9 Å². The lowest BCUT2D eigenvalue weighted by molar-refractivity contribution is -0.0578. The van der Waals surface area contributed by atoms with Gasteiger partial charge in [-0.1, -0.05) is 12.1 Å². The predicted octanol–water partition coefficient (Wildman–Crippen LogP) is 0.0222. The largest absolute Gasteiger partial charge is 0.497 e. The number of aromatic nitrogens is 5. The lowest BCUT2D eigenvalue weighted by Gasteiger charge is -2.16. The normalized spacial score (nSPS) is 24.4. The van der Waals surface area contributed by atoms with Crippen molar-refractivity contribution in [3.05, 3.63) is 42.9 Å². The van der Waals surface area contributed by atoms with E-state index in [-0.39, 0.29) is 0 Å². The summed E-state index contributed by atoms with van der Waals surface area (Å²) in [5, 5.41) is 34.4. The van der Waals surface area contributed by atoms with Gasteiger partial charge in [0.05, 0.1) is 19.9 Å². The SMILES string of the molecule is COc1cccc(-c2nc(-c3cnccn3)n(C3OC(CO)C(O)C3O)n2)c1. The van der Waals surface area contributed by atoms with Gasteiger partial charge < -0.3 is 24.8 Å². The van der Waals surface area contributed by atoms with Crippen LogP contribution in [0.2, 0.25) is 0 Å². The molecule has 146 valence electrons. The molecular weight excluding hydrogens is 366 g/mol. The number of hydrogen-bond donors (Lipinski definition) is 3. The molecule has 4 rings (SSSR count). The molecular formula is C18H19N5O5. The maximum atomic E-state index is 10.4. The third-order valence-electron chi connectivity index (χ3n) is 4.51. The van der Waals surface area contributed by atoms with Crippen LogP contribution in [0.1, 0.15) is 6.23 Å². The minimum atomic E-state index is -1.30. The Labute approximate surface area is 160 Å². The average Bonchev–Trinajstić information content (AvgIpc) is 3.30. The summed E-state index contributed by atoms with van der Waals surface area (Å²) in [5.41, 5.74) is 1.11. The van der Waals surface area contributed by atoms with Gasteiger partial charge in [0.25, 0.3) is 0 Å². The molecule has 28 heavy (non-hydrogen) atoms. The maximum absolute atomic E-state index is 10.4. The van der Waals surface area contributed by atoms with E-state index in [4.69, 9.17) is 9.47 Å². The third-order valence-corrected chi connectivity index (χ3v) is 4.51. The number of hydrogen-bond acceptors (Lipinski definition) is 9. The van der Waals surface area contributed by atoms with E-state index < -0.39 is 31.1 Å². The highest BCUT2D eigenvalue weighted by Gasteiger charge is 2.45. The van der Waals surface area contributed by atoms with Crippen LogP contribution in [-0.2, 0) is 4.74 Å². The Balaban J connectivity index is 1.81. The fraction of sp³-hybridized carbons (Fsp3) is 0.333. The molecule has 0 spiro atoms. The first-order valence-corrected chi connectivity index (χ1v) is 8.62. The van der Waals surface area contributed by atoms with Gasteiger partial charge in [-0.3, -0.25) is 4.98 Å². The molecule has 0 amide bonds. The number of ether oxygens (including phenoxy) is 2. The highest BCUT2D eigenvalue weighted by molar-refractivity contribution is 5.61. The van der Waals surface area contributed by atoms with Crippen molar-refractivity contribution in [2.75, 3.05) is 13.7 Å². The Morgan fingerprint density at radius 2 is 2.07 bits per heavy atom. The van der Waals surface area contributed by atoms with Crippen molar-refractivity contribution in [2.24, 2.45) is 0 Å². The maximum Gasteiger partial charge on any atom is 0.182 e. The van der Waals surface area contributed by atoms with Crippen molar-refractivity contribution in [3.63, 3.8) is 0 Å². The van der Waals surface area contributed by atoms with E-state index in [9.17, 15) is 15.3 Å². The van der Waals surface area contributed by atoms with Crippen molar-refractivity contribution in [1.29, 1.82) is 0 Å². The van der Waals surface area contributed by atoms with E-state index in [1.54, 1.807) is 19.2 Å². The second-order valence-corrected chi connectivity index (χ2v) is 6.26. The van der Waals surface area contributed by atoms with E-state index in [1.165, 1.54) is 23.3 Å². The molecule has 0 bridgehead atoms. The van der Waals surface area contributed by atoms with Gasteiger partial charge in [0.2, 0.25) is 0 Å². The summed E-state index contributed by atoms with van der Waals surface area (Å²) in [7, 11) is 1.56. The van der Waals surface area contributed by atoms with Crippen molar-refractivity contribution < 1.29 is 24.8 Å². The number of aliphatic hydroxyl groups excluding tert-OH is 3. The van der Waals surface area contributed by atoms with Crippen LogP contribution < -0.4 is 4.74 Å². The first-order chi connectivity index (χ1) is 13.6. The predicted molar refractivity (Wildman–Crippen MR) is 96.0 cm³/mol. The van der Waals surface area contributed by atoms with Crippen LogP contribution in [0.25, 0.3) is 22.9 Å². The lowest BCUT2D eigenvalue weighted by Crippen LogP contribution is -2.33. The van der Waals surface area contributed by atoms with E-state index >= 15 is 0 Å². The van der Waals surface area contributed by atoms with Crippen LogP contribution in [0.4, 0.5) is 0 Å². The summed E-state index contributed by atoms with van der Waals surface area (Å²) in [6, 6.07) is 7.21. The van der Waals surface area contributed by atoms with E-state index in [0.717, 1.165) is 0 Å². The molecule has 1 aliphatic rings. The van der Waals surface area contributed by atoms with Crippen LogP contribution in [0, 0.1) is 0 Å². The third kappa shape index (κ3) is 3.22. The Morgan fingerprint density at radius 1 is 1.21 bits per heavy atom. The number of rotatable bonds is 5. The summed E-state index contributed by atoms with van der Waals surface area (Å²) < 4.78 is 12.2. The van der Waals surface area contributed by atoms with Crippen LogP contribution >= 0.6 is 0 Å². The van der Waals surface area contributed by atoms with Crippen molar-refractivity contribution >= 4 is 0 Å². The molecule has 0 saturated carbocycles. The van der Waals surface area contributed by atoms with Gasteiger partial charge in [-0.25, -0.2) is 14.6 Å². The summed E-state index contributed by atoms with van der Waals surface area (Å²) in [4.78, 5) is 12.8. The zero-order valence-corrected chi connectivity index (χ0v) is 15.0. The Bertz CT molecular complexity index is 951. The standard InChI is InChI=1S/C18H19N5O5/c1-27-11-4-2-3-10(7-11)16-21-17(12-8-19-5-6-20-12)23(22-16)18-15(26)14(25)13(9-24)28-18/h2-8,13-15,18,24-26H,9H2,1H3. The topological polar surface area (TPSA) is 136 Å². The molecule has 0 radical (unpaired) electrons. The van der Waals surface area contributed by atoms with E-state index in [1.807, 2.05) is 12.1 Å². The molecule has 1 fully saturated rings. The second kappa shape index (κ2) is 7.60. The molecule has 4 atom stereocenters. The molecule has 3 heterocycles. The summed E-state index contributed by atoms with van der Waals surface area (Å²) in [6.45, 7) is -0.438. The van der Waals surface area contributed by atoms with Crippen molar-refractivity contribution in [2.45, 2.75) is 24.5 Å². The number of aliphatic hydroxyl groups is 3. The Hall–Kier alpha value is -2.92. The first kappa shape index (κ1) is 18.4. The molecule has 3 aromatic rings. The minimum absolute atomic E-state index is 0.306. The van der Waals surface area contributed by atoms with Gasteiger partial charge in [-0.05, 0) is 12.1 Å². The molecule has 4 unspecified atom stereocenters. The monoisotopic (exact) mass is 385 g/mol. The zero-order chi connectivity index (χ0) is 19.7. The quantitative estimate of drug-likeness (QED) is 0.555. The highest BCUT2D eigenvalue weighted by Crippen LogP contribution is 2.33. The van der Waals surface area contributed by atoms with Crippen molar-refractivity contribution in [1.82, 2.24) is 24.7 Å². The summed E-state index contributed by atoms with van der Waals surface area (Å²) in [6.07, 6.45) is 0.0185. The molecule has 10 heteroatoms. The fourth-order valence-corrected chi connectivity index (χ4v) is 3.06. The van der Waals surface area contributed by atoms with Gasteiger partial charge in [0.1, 0.15) is 29.8 Å². The molecule has 10 nitrogen and oxygen atoms in total. The number of benzene rings is 1. The second-order valence-electron chi connectivity index (χ2n) is 6.26. The molecule has 3 N–H and O–H groups in total. The van der Waals surface area contributed by atoms with Gasteiger partial charge in [0.15, 0.2) is 17.9 Å². The van der Waals surface area contributed by atoms with Crippen LogP contribution in [0.5, 0.6) is 5.75 Å². The first-order valence-electron chi connectivity index (χ1n) is 8.62. The minimum Gasteiger partial charge on any atom is -0.497 e. The average molecular weight is 385 g/mol. The molecule has 1 aromatic carbocycles. The van der Waals surface area contributed by atoms with Gasteiger partial charge in [0, 0.05) is 18.0 Å². The smallest absolute Gasteiger partial charge is 0.182 e. The van der Waals surface area contributed by atoms with Crippen LogP contribution in [-0.4, -0.2) is 72.1 Å². The highest BCUT2D eigenvalue weighted by atomic mass is 16.6. The summed E-state index contributed by atoms with van der Waals surface area (Å²) in [5.74, 6) is 1.31. The molecule has 1 aliphatic heterocycles. The van der Waals surface area contributed by atoms with E-state index in [2.05, 4.69) is 20.1 Å². The molecule has 0 aliphatic carbocycles.